The maximum absolute atomic E-state index is 12.9. The number of benzene rings is 1. The Kier molecular flexibility index (Phi) is 13.7. The molecule has 0 amide bonds. The Hall–Kier alpha value is -1.64. The molecule has 0 aliphatic heterocycles. The fraction of sp³-hybridized carbons (Fsp3) is 0.731. The monoisotopic (exact) mass is 498 g/mol. The van der Waals surface area contributed by atoms with Crippen LogP contribution in [0.25, 0.3) is 0 Å². The van der Waals surface area contributed by atoms with Crippen molar-refractivity contribution in [1.29, 1.82) is 0 Å². The largest absolute Gasteiger partial charge is 0.481 e. The third-order valence-electron chi connectivity index (χ3n) is 5.98. The van der Waals surface area contributed by atoms with Crippen LogP contribution in [-0.2, 0) is 21.4 Å². The molecule has 1 aromatic rings. The number of aryl methyl sites for hydroxylation is 1. The van der Waals surface area contributed by atoms with E-state index in [0.29, 0.717) is 16.7 Å². The van der Waals surface area contributed by atoms with Crippen LogP contribution >= 0.6 is 0 Å². The van der Waals surface area contributed by atoms with E-state index in [9.17, 15) is 18.3 Å². The summed E-state index contributed by atoms with van der Waals surface area (Å²) in [6.45, 7) is 2.62. The molecule has 7 nitrogen and oxygen atoms in total. The lowest BCUT2D eigenvalue weighted by molar-refractivity contribution is -0.871. The fourth-order valence-corrected chi connectivity index (χ4v) is 5.27. The lowest BCUT2D eigenvalue weighted by Crippen LogP contribution is -2.52. The van der Waals surface area contributed by atoms with Gasteiger partial charge in [0, 0.05) is 7.05 Å². The van der Waals surface area contributed by atoms with Crippen molar-refractivity contribution in [2.75, 3.05) is 39.0 Å². The number of hydrogen-bond donors (Lipinski definition) is 2. The molecular weight excluding hydrogens is 450 g/mol. The van der Waals surface area contributed by atoms with Gasteiger partial charge in [-0.25, -0.2) is 0 Å². The lowest BCUT2D eigenvalue weighted by Gasteiger charge is -2.30. The standard InChI is InChI=1S/C26H47N3O4S/c1-6-7-8-9-10-11-12-13-14-15-16-23-17-19-25(20-18-23)28(2)34(32,33)27-24(21-26(30)31)22-29(3,4)5/h17-20,24,27H,6-16,21-22H2,1-5H3/p+1/t24-/m1/s1. The first kappa shape index (κ1) is 30.4. The van der Waals surface area contributed by atoms with Crippen LogP contribution in [0.15, 0.2) is 24.3 Å². The summed E-state index contributed by atoms with van der Waals surface area (Å²) in [7, 11) is 3.33. The van der Waals surface area contributed by atoms with E-state index in [0.717, 1.165) is 12.8 Å². The van der Waals surface area contributed by atoms with Gasteiger partial charge in [-0.1, -0.05) is 76.8 Å². The molecule has 0 unspecified atom stereocenters. The maximum atomic E-state index is 12.9. The van der Waals surface area contributed by atoms with Gasteiger partial charge in [0.05, 0.1) is 45.8 Å². The van der Waals surface area contributed by atoms with Crippen molar-refractivity contribution in [3.05, 3.63) is 29.8 Å². The van der Waals surface area contributed by atoms with Crippen LogP contribution in [0.5, 0.6) is 0 Å². The van der Waals surface area contributed by atoms with Crippen LogP contribution in [0, 0.1) is 0 Å². The molecule has 1 rings (SSSR count). The number of unbranched alkanes of at least 4 members (excludes halogenated alkanes) is 9. The first-order valence-corrected chi connectivity index (χ1v) is 14.3. The third kappa shape index (κ3) is 13.3. The molecule has 2 N–H and O–H groups in total. The summed E-state index contributed by atoms with van der Waals surface area (Å²) in [6, 6.07) is 6.90. The van der Waals surface area contributed by atoms with Gasteiger partial charge in [0.2, 0.25) is 0 Å². The van der Waals surface area contributed by atoms with Crippen LogP contribution in [0.4, 0.5) is 5.69 Å². The normalized spacial score (nSPS) is 13.1. The number of carbonyl (C=O) groups is 1. The quantitative estimate of drug-likeness (QED) is 0.208. The molecule has 0 spiro atoms. The average Bonchev–Trinajstić information content (AvgIpc) is 2.73. The van der Waals surface area contributed by atoms with Crippen molar-refractivity contribution in [3.8, 4) is 0 Å². The Bertz CT molecular complexity index is 804. The average molecular weight is 499 g/mol. The highest BCUT2D eigenvalue weighted by atomic mass is 32.2. The highest BCUT2D eigenvalue weighted by molar-refractivity contribution is 7.90. The molecule has 0 heterocycles. The van der Waals surface area contributed by atoms with Crippen LogP contribution in [-0.4, -0.2) is 64.8 Å². The number of nitrogens with zero attached hydrogens (tertiary/aromatic N) is 2. The number of likely N-dealkylation sites (N-methyl/N-ethyl adjacent to an activating group) is 1. The van der Waals surface area contributed by atoms with Crippen molar-refractivity contribution in [3.63, 3.8) is 0 Å². The molecule has 8 heteroatoms. The summed E-state index contributed by atoms with van der Waals surface area (Å²) in [5.74, 6) is -1.03. The molecule has 0 aliphatic carbocycles. The van der Waals surface area contributed by atoms with E-state index < -0.39 is 22.2 Å². The molecule has 0 aromatic heterocycles. The SMILES string of the molecule is CCCCCCCCCCCCc1ccc(N(C)S(=O)(=O)N[C@H](CC(=O)O)C[N+](C)(C)C)cc1. The number of rotatable bonds is 19. The summed E-state index contributed by atoms with van der Waals surface area (Å²) >= 11 is 0. The minimum absolute atomic E-state index is 0.264. The Labute approximate surface area is 208 Å². The Balaban J connectivity index is 2.49. The smallest absolute Gasteiger partial charge is 0.305 e. The molecule has 1 atom stereocenters. The number of hydrogen-bond acceptors (Lipinski definition) is 3. The maximum Gasteiger partial charge on any atom is 0.305 e. The molecular formula is C26H48N3O4S+. The van der Waals surface area contributed by atoms with E-state index in [1.54, 1.807) is 0 Å². The number of quaternary nitrogens is 1. The van der Waals surface area contributed by atoms with Crippen LogP contribution in [0.2, 0.25) is 0 Å². The van der Waals surface area contributed by atoms with Crippen molar-refractivity contribution < 1.29 is 22.8 Å². The number of nitrogens with one attached hydrogen (secondary N) is 1. The Morgan fingerprint density at radius 2 is 1.44 bits per heavy atom. The van der Waals surface area contributed by atoms with Gasteiger partial charge in [-0.15, -0.1) is 0 Å². The predicted molar refractivity (Wildman–Crippen MR) is 141 cm³/mol. The highest BCUT2D eigenvalue weighted by Gasteiger charge is 2.28. The minimum Gasteiger partial charge on any atom is -0.481 e. The first-order valence-electron chi connectivity index (χ1n) is 12.8. The molecule has 34 heavy (non-hydrogen) atoms. The number of carboxylic acids is 1. The Morgan fingerprint density at radius 1 is 0.941 bits per heavy atom. The molecule has 0 saturated heterocycles. The van der Waals surface area contributed by atoms with Crippen molar-refractivity contribution in [2.24, 2.45) is 0 Å². The molecule has 0 radical (unpaired) electrons. The zero-order chi connectivity index (χ0) is 25.6. The third-order valence-corrected chi connectivity index (χ3v) is 7.55. The Morgan fingerprint density at radius 3 is 1.91 bits per heavy atom. The molecule has 1 aromatic carbocycles. The number of carboxylic acid groups (broad SMARTS) is 1. The second-order valence-electron chi connectivity index (χ2n) is 10.5. The van der Waals surface area contributed by atoms with E-state index in [4.69, 9.17) is 0 Å². The lowest BCUT2D eigenvalue weighted by atomic mass is 10.0. The molecule has 196 valence electrons. The molecule has 0 aliphatic rings. The summed E-state index contributed by atoms with van der Waals surface area (Å²) in [5, 5.41) is 9.18. The van der Waals surface area contributed by atoms with Crippen molar-refractivity contribution >= 4 is 21.9 Å². The zero-order valence-electron chi connectivity index (χ0n) is 22.1. The fourth-order valence-electron chi connectivity index (χ4n) is 4.13. The topological polar surface area (TPSA) is 86.7 Å². The highest BCUT2D eigenvalue weighted by Crippen LogP contribution is 2.19. The van der Waals surface area contributed by atoms with Gasteiger partial charge in [-0.2, -0.15) is 13.1 Å². The summed E-state index contributed by atoms with van der Waals surface area (Å²) in [6.07, 6.45) is 13.8. The molecule has 0 fully saturated rings. The first-order chi connectivity index (χ1) is 15.9. The molecule has 0 saturated carbocycles. The van der Waals surface area contributed by atoms with Gasteiger partial charge in [-0.05, 0) is 30.5 Å². The van der Waals surface area contributed by atoms with Gasteiger partial charge >= 0.3 is 16.2 Å². The zero-order valence-corrected chi connectivity index (χ0v) is 22.9. The van der Waals surface area contributed by atoms with Crippen LogP contribution in [0.3, 0.4) is 0 Å². The van der Waals surface area contributed by atoms with Crippen molar-refractivity contribution in [1.82, 2.24) is 4.72 Å². The molecule has 0 bridgehead atoms. The summed E-state index contributed by atoms with van der Waals surface area (Å²) in [5.41, 5.74) is 1.76. The van der Waals surface area contributed by atoms with E-state index in [1.807, 2.05) is 45.4 Å². The second kappa shape index (κ2) is 15.4. The van der Waals surface area contributed by atoms with Crippen molar-refractivity contribution in [2.45, 2.75) is 90.0 Å². The summed E-state index contributed by atoms with van der Waals surface area (Å²) in [4.78, 5) is 11.2. The second-order valence-corrected chi connectivity index (χ2v) is 12.2. The van der Waals surface area contributed by atoms with E-state index in [2.05, 4.69) is 11.6 Å². The van der Waals surface area contributed by atoms with Gasteiger partial charge in [0.15, 0.2) is 0 Å². The number of aliphatic carboxylic acids is 1. The summed E-state index contributed by atoms with van der Waals surface area (Å²) < 4.78 is 30.0. The number of anilines is 1. The van der Waals surface area contributed by atoms with Gasteiger partial charge < -0.3 is 9.59 Å². The van der Waals surface area contributed by atoms with Gasteiger partial charge in [0.1, 0.15) is 0 Å². The van der Waals surface area contributed by atoms with E-state index >= 15 is 0 Å². The minimum atomic E-state index is -3.87. The van der Waals surface area contributed by atoms with Gasteiger partial charge in [-0.3, -0.25) is 9.10 Å². The predicted octanol–water partition coefficient (Wildman–Crippen LogP) is 4.97. The van der Waals surface area contributed by atoms with Crippen LogP contribution in [0.1, 0.15) is 83.1 Å². The van der Waals surface area contributed by atoms with E-state index in [1.165, 1.54) is 74.7 Å². The van der Waals surface area contributed by atoms with Crippen LogP contribution < -0.4 is 9.03 Å². The van der Waals surface area contributed by atoms with E-state index in [-0.39, 0.29) is 6.42 Å². The van der Waals surface area contributed by atoms with Gasteiger partial charge in [0.25, 0.3) is 0 Å².